The predicted octanol–water partition coefficient (Wildman–Crippen LogP) is 6.30. The molecular weight excluding hydrogens is 703 g/mol. The van der Waals surface area contributed by atoms with E-state index >= 15 is 0 Å². The van der Waals surface area contributed by atoms with Crippen molar-refractivity contribution in [2.24, 2.45) is 11.3 Å². The van der Waals surface area contributed by atoms with E-state index in [1.807, 2.05) is 3.28 Å². The number of rotatable bonds is 4. The van der Waals surface area contributed by atoms with Crippen molar-refractivity contribution in [1.29, 1.82) is 0 Å². The molecule has 0 aromatic heterocycles. The minimum atomic E-state index is -2.72. The van der Waals surface area contributed by atoms with Crippen molar-refractivity contribution in [3.05, 3.63) is 126 Å². The molecule has 3 heteroatoms. The molecule has 0 amide bonds. The van der Waals surface area contributed by atoms with Crippen LogP contribution in [0.4, 0.5) is 0 Å². The Hall–Kier alpha value is -2.05. The summed E-state index contributed by atoms with van der Waals surface area (Å²) in [5.74, 6) is 0.478. The van der Waals surface area contributed by atoms with Crippen LogP contribution in [0.2, 0.25) is 0 Å². The van der Waals surface area contributed by atoms with E-state index in [2.05, 4.69) is 156 Å². The van der Waals surface area contributed by atoms with Crippen molar-refractivity contribution in [3.8, 4) is 11.1 Å². The maximum Gasteiger partial charge on any atom is -1.00 e. The summed E-state index contributed by atoms with van der Waals surface area (Å²) in [6.45, 7) is 28.9. The summed E-state index contributed by atoms with van der Waals surface area (Å²) in [5, 5.41) is 0. The van der Waals surface area contributed by atoms with E-state index in [4.69, 9.17) is 0 Å². The Labute approximate surface area is 310 Å². The van der Waals surface area contributed by atoms with Gasteiger partial charge in [-0.3, -0.25) is 0 Å². The topological polar surface area (TPSA) is 0 Å². The van der Waals surface area contributed by atoms with Crippen LogP contribution < -0.4 is 24.8 Å². The first-order valence-electron chi connectivity index (χ1n) is 17.5. The standard InChI is InChI=1S/C25H25.C11H17.C9H10.2ClH.Zr/c1-14-12-24(3,4)22-8-16-7-17-9-23-19(15(2)13-25(23,5)6)11-21(17)20(16)10-18(14)22;1-8-6-9(2)10(7-8)11(3,4)5;1-2-6-9-7-4-3-5-8-9;;;/h7-13H,1-6H3;7-8H,1-5H3;3-5,7-8H,2H2,1H3;2*1H;/q;;;;;+2/p-2. The Morgan fingerprint density at radius 1 is 0.729 bits per heavy atom. The summed E-state index contributed by atoms with van der Waals surface area (Å²) in [5.41, 5.74) is 19.9. The molecular formula is C45H52Cl2Zr. The first-order chi connectivity index (χ1) is 21.5. The van der Waals surface area contributed by atoms with Crippen LogP contribution in [0.1, 0.15) is 132 Å². The van der Waals surface area contributed by atoms with E-state index in [9.17, 15) is 0 Å². The van der Waals surface area contributed by atoms with Gasteiger partial charge in [0.05, 0.1) is 0 Å². The zero-order valence-electron chi connectivity index (χ0n) is 31.0. The first-order valence-corrected chi connectivity index (χ1v) is 21.4. The van der Waals surface area contributed by atoms with Crippen molar-refractivity contribution in [2.75, 3.05) is 0 Å². The van der Waals surface area contributed by atoms with Gasteiger partial charge in [0.15, 0.2) is 0 Å². The minimum absolute atomic E-state index is 0. The van der Waals surface area contributed by atoms with Gasteiger partial charge in [-0.2, -0.15) is 0 Å². The van der Waals surface area contributed by atoms with E-state index in [1.165, 1.54) is 50.1 Å². The van der Waals surface area contributed by atoms with Gasteiger partial charge >= 0.3 is 288 Å². The van der Waals surface area contributed by atoms with E-state index in [0.29, 0.717) is 9.54 Å². The predicted molar refractivity (Wildman–Crippen MR) is 197 cm³/mol. The molecule has 0 saturated carbocycles. The molecule has 3 aromatic rings. The number of halogens is 2. The molecule has 250 valence electrons. The monoisotopic (exact) mass is 752 g/mol. The van der Waals surface area contributed by atoms with Crippen LogP contribution in [-0.4, -0.2) is 3.21 Å². The van der Waals surface area contributed by atoms with Gasteiger partial charge in [-0.15, -0.1) is 0 Å². The first kappa shape index (κ1) is 37.2. The third-order valence-corrected chi connectivity index (χ3v) is 21.1. The normalized spacial score (nSPS) is 20.1. The van der Waals surface area contributed by atoms with Crippen molar-refractivity contribution >= 4 is 14.4 Å². The molecule has 0 N–H and O–H groups in total. The zero-order valence-corrected chi connectivity index (χ0v) is 35.0. The molecule has 0 spiro atoms. The van der Waals surface area contributed by atoms with Crippen LogP contribution in [0.15, 0.2) is 87.3 Å². The molecule has 3 aromatic carbocycles. The SMILES string of the molecule is CC/[C](c1ccccc1)=[Zr+2](/[C]1=C(C)C(C(C)(C)C)=CC1C)[CH]1c2cc3c(cc2-c2cc4c(cc21)C(C)(C)C=C4C)C(C)=CC3(C)C.[Cl-].[Cl-]. The quantitative estimate of drug-likeness (QED) is 0.294. The van der Waals surface area contributed by atoms with Gasteiger partial charge in [-0.1, -0.05) is 0 Å². The number of allylic oxidation sites excluding steroid dienone is 8. The molecule has 48 heavy (non-hydrogen) atoms. The van der Waals surface area contributed by atoms with Gasteiger partial charge < -0.3 is 24.8 Å². The molecule has 0 heterocycles. The number of hydrogen-bond acceptors (Lipinski definition) is 0. The second-order valence-corrected chi connectivity index (χ2v) is 23.0. The maximum atomic E-state index is 2.69. The summed E-state index contributed by atoms with van der Waals surface area (Å²) in [4.78, 5) is 0. The summed E-state index contributed by atoms with van der Waals surface area (Å²) in [6.07, 6.45) is 8.75. The molecule has 0 aliphatic heterocycles. The zero-order chi connectivity index (χ0) is 33.1. The average Bonchev–Trinajstić information content (AvgIpc) is 3.61. The van der Waals surface area contributed by atoms with Gasteiger partial charge in [0, 0.05) is 0 Å². The van der Waals surface area contributed by atoms with Gasteiger partial charge in [-0.05, 0) is 0 Å². The summed E-state index contributed by atoms with van der Waals surface area (Å²) in [7, 11) is 0. The molecule has 0 bridgehead atoms. The van der Waals surface area contributed by atoms with E-state index in [0.717, 1.165) is 6.42 Å². The molecule has 4 aliphatic rings. The Balaban J connectivity index is 0.00000225. The van der Waals surface area contributed by atoms with Crippen molar-refractivity contribution in [1.82, 2.24) is 0 Å². The Morgan fingerprint density at radius 3 is 1.62 bits per heavy atom. The van der Waals surface area contributed by atoms with Crippen LogP contribution in [0.5, 0.6) is 0 Å². The molecule has 7 rings (SSSR count). The molecule has 0 saturated heterocycles. The van der Waals surface area contributed by atoms with Gasteiger partial charge in [0.2, 0.25) is 0 Å². The second kappa shape index (κ2) is 12.6. The third-order valence-electron chi connectivity index (χ3n) is 11.6. The van der Waals surface area contributed by atoms with E-state index < -0.39 is 21.3 Å². The van der Waals surface area contributed by atoms with Crippen LogP contribution in [0.25, 0.3) is 22.3 Å². The molecule has 1 atom stereocenters. The summed E-state index contributed by atoms with van der Waals surface area (Å²) in [6, 6.07) is 22.1. The fourth-order valence-corrected chi connectivity index (χ4v) is 19.6. The van der Waals surface area contributed by atoms with Gasteiger partial charge in [0.25, 0.3) is 0 Å². The fraction of sp³-hybridized carbons (Fsp3) is 0.400. The second-order valence-electron chi connectivity index (χ2n) is 16.8. The largest absolute Gasteiger partial charge is 1.00 e. The minimum Gasteiger partial charge on any atom is -1.00 e. The number of fused-ring (bicyclic) bond motifs is 5. The van der Waals surface area contributed by atoms with Crippen LogP contribution >= 0.6 is 0 Å². The Morgan fingerprint density at radius 2 is 1.21 bits per heavy atom. The molecule has 0 radical (unpaired) electrons. The molecule has 0 nitrogen and oxygen atoms in total. The van der Waals surface area contributed by atoms with E-state index in [-0.39, 0.29) is 41.1 Å². The number of benzene rings is 3. The van der Waals surface area contributed by atoms with Gasteiger partial charge in [-0.25, -0.2) is 0 Å². The Kier molecular flexibility index (Phi) is 9.78. The average molecular weight is 755 g/mol. The van der Waals surface area contributed by atoms with Crippen LogP contribution in [-0.2, 0) is 32.1 Å². The van der Waals surface area contributed by atoms with E-state index in [1.54, 1.807) is 25.5 Å². The van der Waals surface area contributed by atoms with Crippen molar-refractivity contribution in [3.63, 3.8) is 0 Å². The summed E-state index contributed by atoms with van der Waals surface area (Å²) < 4.78 is 4.03. The maximum absolute atomic E-state index is 2.72. The van der Waals surface area contributed by atoms with Crippen LogP contribution in [0, 0.1) is 11.3 Å². The van der Waals surface area contributed by atoms with Crippen LogP contribution in [0.3, 0.4) is 0 Å². The molecule has 0 fully saturated rings. The third kappa shape index (κ3) is 5.64. The van der Waals surface area contributed by atoms with Crippen molar-refractivity contribution < 1.29 is 46.1 Å². The fourth-order valence-electron chi connectivity index (χ4n) is 9.65. The molecule has 4 aliphatic carbocycles. The molecule has 1 unspecified atom stereocenters. The number of hydrogen-bond donors (Lipinski definition) is 0. The van der Waals surface area contributed by atoms with Crippen molar-refractivity contribution in [2.45, 2.75) is 104 Å². The smallest absolute Gasteiger partial charge is 1.00 e. The van der Waals surface area contributed by atoms with Gasteiger partial charge in [0.1, 0.15) is 0 Å². The Bertz CT molecular complexity index is 1900. The summed E-state index contributed by atoms with van der Waals surface area (Å²) >= 11 is -2.72.